The Balaban J connectivity index is 0.00000261. The zero-order valence-corrected chi connectivity index (χ0v) is 20.4. The van der Waals surface area contributed by atoms with Crippen molar-refractivity contribution in [3.63, 3.8) is 0 Å². The second kappa shape index (κ2) is 9.06. The van der Waals surface area contributed by atoms with Crippen LogP contribution in [-0.4, -0.2) is 67.0 Å². The number of benzene rings is 3. The van der Waals surface area contributed by atoms with Crippen LogP contribution in [0.4, 0.5) is 11.4 Å². The fourth-order valence-electron chi connectivity index (χ4n) is 2.59. The fourth-order valence-corrected chi connectivity index (χ4v) is 3.57. The second-order valence-corrected chi connectivity index (χ2v) is 7.33. The molecule has 0 radical (unpaired) electrons. The van der Waals surface area contributed by atoms with Crippen LogP contribution < -0.4 is 0 Å². The normalized spacial score (nSPS) is 11.7. The fraction of sp³-hybridized carbons (Fsp3) is 0.111. The number of azo groups is 1. The summed E-state index contributed by atoms with van der Waals surface area (Å²) < 4.78 is 34.6. The van der Waals surface area contributed by atoms with Crippen LogP contribution in [0.25, 0.3) is 10.8 Å². The second-order valence-electron chi connectivity index (χ2n) is 5.57. The number of halogens is 1. The SMILES string of the molecule is CCc1cc(N=Nc2c(O)ccc3ccccc23)c(S(=O)(=O)[O-])cc1Cl.[Ba+2]. The number of aromatic hydroxyl groups is 1. The minimum Gasteiger partial charge on any atom is -0.744 e. The van der Waals surface area contributed by atoms with Gasteiger partial charge in [-0.3, -0.25) is 0 Å². The molecule has 0 spiro atoms. The number of aryl methyl sites for hydroxylation is 1. The van der Waals surface area contributed by atoms with E-state index in [0.29, 0.717) is 17.4 Å². The van der Waals surface area contributed by atoms with Crippen molar-refractivity contribution in [3.8, 4) is 5.75 Å². The zero-order chi connectivity index (χ0) is 18.9. The van der Waals surface area contributed by atoms with E-state index in [4.69, 9.17) is 11.6 Å². The van der Waals surface area contributed by atoms with Crippen molar-refractivity contribution in [2.45, 2.75) is 18.2 Å². The molecule has 0 aliphatic rings. The van der Waals surface area contributed by atoms with Crippen molar-refractivity contribution in [1.29, 1.82) is 0 Å². The number of phenolic OH excluding ortho intramolecular Hbond substituents is 1. The number of nitrogens with zero attached hydrogens (tertiary/aromatic N) is 2. The molecule has 0 bridgehead atoms. The van der Waals surface area contributed by atoms with E-state index in [1.54, 1.807) is 18.2 Å². The van der Waals surface area contributed by atoms with Crippen molar-refractivity contribution in [2.24, 2.45) is 10.2 Å². The molecule has 27 heavy (non-hydrogen) atoms. The van der Waals surface area contributed by atoms with Crippen LogP contribution in [0.5, 0.6) is 5.75 Å². The molecule has 0 heterocycles. The molecule has 3 rings (SSSR count). The van der Waals surface area contributed by atoms with Gasteiger partial charge in [0, 0.05) is 10.4 Å². The summed E-state index contributed by atoms with van der Waals surface area (Å²) in [7, 11) is -4.79. The predicted octanol–water partition coefficient (Wildman–Crippen LogP) is 4.70. The van der Waals surface area contributed by atoms with Crippen LogP contribution in [0.3, 0.4) is 0 Å². The van der Waals surface area contributed by atoms with Gasteiger partial charge in [0.25, 0.3) is 0 Å². The molecular formula is C18H14BaClN2O4S+. The van der Waals surface area contributed by atoms with E-state index < -0.39 is 15.0 Å². The van der Waals surface area contributed by atoms with Crippen LogP contribution in [-0.2, 0) is 16.5 Å². The molecule has 0 amide bonds. The van der Waals surface area contributed by atoms with Crippen LogP contribution in [0, 0.1) is 0 Å². The number of rotatable bonds is 4. The molecule has 0 fully saturated rings. The topological polar surface area (TPSA) is 102 Å². The minimum atomic E-state index is -4.79. The Morgan fingerprint density at radius 1 is 1.11 bits per heavy atom. The first-order chi connectivity index (χ1) is 12.3. The van der Waals surface area contributed by atoms with Gasteiger partial charge in [-0.15, -0.1) is 10.2 Å². The number of fused-ring (bicyclic) bond motifs is 1. The van der Waals surface area contributed by atoms with Crippen LogP contribution in [0.1, 0.15) is 12.5 Å². The Labute approximate surface area is 202 Å². The summed E-state index contributed by atoms with van der Waals surface area (Å²) in [4.78, 5) is -0.553. The molecular weight excluding hydrogens is 513 g/mol. The van der Waals surface area contributed by atoms with E-state index in [2.05, 4.69) is 10.2 Å². The summed E-state index contributed by atoms with van der Waals surface area (Å²) >= 11 is 6.01. The van der Waals surface area contributed by atoms with Crippen molar-refractivity contribution < 1.29 is 18.1 Å². The Bertz CT molecular complexity index is 1130. The van der Waals surface area contributed by atoms with Gasteiger partial charge in [-0.1, -0.05) is 48.9 Å². The number of hydrogen-bond donors (Lipinski definition) is 1. The molecule has 3 aromatic carbocycles. The van der Waals surface area contributed by atoms with E-state index in [-0.39, 0.29) is 71.0 Å². The summed E-state index contributed by atoms with van der Waals surface area (Å²) in [5, 5.41) is 19.7. The van der Waals surface area contributed by atoms with E-state index >= 15 is 0 Å². The quantitative estimate of drug-likeness (QED) is 0.302. The molecule has 0 aromatic heterocycles. The standard InChI is InChI=1S/C18H15ClN2O4S.Ba/c1-2-11-9-15(17(10-14(11)19)26(23,24)25)20-21-18-13-6-4-3-5-12(13)7-8-16(18)22;/h3-10,22H,2H2,1H3,(H,23,24,25);/q;+2/p-1. The molecule has 0 aliphatic carbocycles. The smallest absolute Gasteiger partial charge is 0.744 e. The summed E-state index contributed by atoms with van der Waals surface area (Å²) in [5.41, 5.74) is 0.703. The van der Waals surface area contributed by atoms with Crippen LogP contribution in [0.15, 0.2) is 63.7 Å². The third-order valence-corrected chi connectivity index (χ3v) is 5.13. The van der Waals surface area contributed by atoms with Crippen molar-refractivity contribution in [3.05, 3.63) is 59.1 Å². The average Bonchev–Trinajstić information content (AvgIpc) is 2.60. The molecule has 3 aromatic rings. The molecule has 6 nitrogen and oxygen atoms in total. The molecule has 0 saturated heterocycles. The molecule has 0 unspecified atom stereocenters. The first kappa shape index (κ1) is 22.4. The molecule has 0 saturated carbocycles. The molecule has 1 N–H and O–H groups in total. The Morgan fingerprint density at radius 3 is 2.48 bits per heavy atom. The summed E-state index contributed by atoms with van der Waals surface area (Å²) in [5.74, 6) is -0.108. The minimum absolute atomic E-state index is 0. The Kier molecular flexibility index (Phi) is 7.51. The van der Waals surface area contributed by atoms with Gasteiger partial charge >= 0.3 is 48.9 Å². The van der Waals surface area contributed by atoms with Gasteiger partial charge < -0.3 is 9.66 Å². The van der Waals surface area contributed by atoms with Crippen LogP contribution in [0.2, 0.25) is 5.02 Å². The van der Waals surface area contributed by atoms with Gasteiger partial charge in [-0.05, 0) is 35.6 Å². The number of hydrogen-bond acceptors (Lipinski definition) is 6. The third kappa shape index (κ3) is 4.93. The van der Waals surface area contributed by atoms with Gasteiger partial charge in [-0.2, -0.15) is 0 Å². The van der Waals surface area contributed by atoms with E-state index in [0.717, 1.165) is 11.5 Å². The maximum absolute atomic E-state index is 11.5. The van der Waals surface area contributed by atoms with E-state index in [1.165, 1.54) is 12.1 Å². The van der Waals surface area contributed by atoms with Crippen molar-refractivity contribution >= 4 is 92.7 Å². The monoisotopic (exact) mass is 527 g/mol. The number of phenols is 1. The van der Waals surface area contributed by atoms with Gasteiger partial charge in [0.15, 0.2) is 0 Å². The largest absolute Gasteiger partial charge is 2.00 e. The van der Waals surface area contributed by atoms with Crippen molar-refractivity contribution in [1.82, 2.24) is 0 Å². The van der Waals surface area contributed by atoms with Gasteiger partial charge in [0.1, 0.15) is 27.2 Å². The van der Waals surface area contributed by atoms with E-state index in [9.17, 15) is 18.1 Å². The maximum atomic E-state index is 11.5. The Hall–Kier alpha value is -0.909. The maximum Gasteiger partial charge on any atom is 2.00 e. The van der Waals surface area contributed by atoms with Gasteiger partial charge in [-0.25, -0.2) is 8.42 Å². The molecule has 0 atom stereocenters. The molecule has 0 aliphatic heterocycles. The van der Waals surface area contributed by atoms with Crippen LogP contribution >= 0.6 is 11.6 Å². The summed E-state index contributed by atoms with van der Waals surface area (Å²) in [6.07, 6.45) is 0.528. The summed E-state index contributed by atoms with van der Waals surface area (Å²) in [6.45, 7) is 1.84. The van der Waals surface area contributed by atoms with Gasteiger partial charge in [0.2, 0.25) is 0 Å². The molecule has 134 valence electrons. The zero-order valence-electron chi connectivity index (χ0n) is 14.4. The van der Waals surface area contributed by atoms with Gasteiger partial charge in [0.05, 0.1) is 4.90 Å². The Morgan fingerprint density at radius 2 is 1.81 bits per heavy atom. The predicted molar refractivity (Wildman–Crippen MR) is 104 cm³/mol. The van der Waals surface area contributed by atoms with E-state index in [1.807, 2.05) is 19.1 Å². The average molecular weight is 527 g/mol. The summed E-state index contributed by atoms with van der Waals surface area (Å²) in [6, 6.07) is 12.9. The molecule has 9 heteroatoms. The van der Waals surface area contributed by atoms with Crippen molar-refractivity contribution in [2.75, 3.05) is 0 Å². The first-order valence-electron chi connectivity index (χ1n) is 7.72. The third-order valence-electron chi connectivity index (χ3n) is 3.92. The first-order valence-corrected chi connectivity index (χ1v) is 9.50.